The zero-order valence-electron chi connectivity index (χ0n) is 13.7. The van der Waals surface area contributed by atoms with Crippen LogP contribution < -0.4 is 5.69 Å². The Kier molecular flexibility index (Phi) is 4.13. The first-order valence-electron chi connectivity index (χ1n) is 7.82. The number of rotatable bonds is 4. The Bertz CT molecular complexity index is 1150. The fraction of sp³-hybridized carbons (Fsp3) is 0.0588. The van der Waals surface area contributed by atoms with Gasteiger partial charge in [-0.15, -0.1) is 0 Å². The fourth-order valence-electron chi connectivity index (χ4n) is 2.73. The molecular weight excluding hydrogens is 372 g/mol. The van der Waals surface area contributed by atoms with Gasteiger partial charge in [0.25, 0.3) is 5.69 Å². The summed E-state index contributed by atoms with van der Waals surface area (Å²) in [5, 5.41) is 11.2. The molecule has 0 amide bonds. The highest BCUT2D eigenvalue weighted by molar-refractivity contribution is 6.29. The van der Waals surface area contributed by atoms with Gasteiger partial charge < -0.3 is 4.57 Å². The number of halogens is 1. The van der Waals surface area contributed by atoms with Crippen molar-refractivity contribution < 1.29 is 4.92 Å². The van der Waals surface area contributed by atoms with E-state index in [9.17, 15) is 14.9 Å². The van der Waals surface area contributed by atoms with Crippen molar-refractivity contribution in [1.82, 2.24) is 24.1 Å². The molecule has 0 bridgehead atoms. The molecule has 4 rings (SSSR count). The third-order valence-corrected chi connectivity index (χ3v) is 4.19. The maximum atomic E-state index is 12.4. The predicted molar refractivity (Wildman–Crippen MR) is 97.2 cm³/mol. The summed E-state index contributed by atoms with van der Waals surface area (Å²) in [5.41, 5.74) is 0.777. The first-order chi connectivity index (χ1) is 13.0. The van der Waals surface area contributed by atoms with Crippen LogP contribution in [-0.4, -0.2) is 29.0 Å². The molecule has 2 aliphatic rings. The van der Waals surface area contributed by atoms with E-state index in [0.717, 1.165) is 11.8 Å². The van der Waals surface area contributed by atoms with Crippen LogP contribution in [0.1, 0.15) is 5.56 Å². The molecule has 0 aromatic carbocycles. The van der Waals surface area contributed by atoms with Crippen LogP contribution in [0.15, 0.2) is 59.8 Å². The highest BCUT2D eigenvalue weighted by atomic mass is 35.5. The molecule has 0 saturated carbocycles. The van der Waals surface area contributed by atoms with Gasteiger partial charge in [0.05, 0.1) is 17.2 Å². The normalized spacial score (nSPS) is 11.0. The van der Waals surface area contributed by atoms with Gasteiger partial charge in [-0.1, -0.05) is 17.7 Å². The van der Waals surface area contributed by atoms with Crippen molar-refractivity contribution in [3.8, 4) is 17.3 Å². The van der Waals surface area contributed by atoms with Crippen molar-refractivity contribution in [2.75, 3.05) is 0 Å². The van der Waals surface area contributed by atoms with Crippen LogP contribution in [0.5, 0.6) is 0 Å². The quantitative estimate of drug-likeness (QED) is 0.305. The van der Waals surface area contributed by atoms with Crippen LogP contribution in [0.2, 0.25) is 5.15 Å². The maximum absolute atomic E-state index is 12.4. The highest BCUT2D eigenvalue weighted by Gasteiger charge is 2.20. The Balaban J connectivity index is 1.74. The molecule has 9 nitrogen and oxygen atoms in total. The van der Waals surface area contributed by atoms with Crippen molar-refractivity contribution in [3.05, 3.63) is 86.3 Å². The third kappa shape index (κ3) is 3.15. The molecule has 0 atom stereocenters. The second-order valence-electron chi connectivity index (χ2n) is 5.70. The number of pyridine rings is 3. The van der Waals surface area contributed by atoms with Gasteiger partial charge >= 0.3 is 5.69 Å². The van der Waals surface area contributed by atoms with Gasteiger partial charge in [-0.05, 0) is 29.8 Å². The Hall–Kier alpha value is -3.59. The lowest BCUT2D eigenvalue weighted by Crippen LogP contribution is -2.15. The number of imidazole rings is 1. The van der Waals surface area contributed by atoms with Crippen molar-refractivity contribution >= 4 is 17.3 Å². The topological polar surface area (TPSA) is 109 Å². The lowest BCUT2D eigenvalue weighted by atomic mass is 10.2. The molecule has 0 fully saturated rings. The Morgan fingerprint density at radius 1 is 1.11 bits per heavy atom. The van der Waals surface area contributed by atoms with Gasteiger partial charge in [-0.3, -0.25) is 10.1 Å². The molecule has 0 unspecified atom stereocenters. The smallest absolute Gasteiger partial charge is 0.327 e. The van der Waals surface area contributed by atoms with Crippen LogP contribution in [0.3, 0.4) is 0 Å². The molecule has 4 heterocycles. The summed E-state index contributed by atoms with van der Waals surface area (Å²) in [6, 6.07) is 9.77. The second kappa shape index (κ2) is 6.61. The van der Waals surface area contributed by atoms with E-state index in [1.165, 1.54) is 16.7 Å². The van der Waals surface area contributed by atoms with E-state index in [1.54, 1.807) is 30.6 Å². The van der Waals surface area contributed by atoms with E-state index in [-0.39, 0.29) is 11.5 Å². The van der Waals surface area contributed by atoms with Crippen molar-refractivity contribution in [2.24, 2.45) is 0 Å². The SMILES string of the molecule is O=c1nc2n(Cc3ccc(Cl)nc3)cccc-2n1-c1ccc([N+](=O)[O-])cn1. The van der Waals surface area contributed by atoms with Crippen LogP contribution in [-0.2, 0) is 6.54 Å². The van der Waals surface area contributed by atoms with E-state index in [0.29, 0.717) is 23.2 Å². The molecule has 27 heavy (non-hydrogen) atoms. The number of hydrogen-bond donors (Lipinski definition) is 0. The first-order valence-corrected chi connectivity index (χ1v) is 8.20. The van der Waals surface area contributed by atoms with Crippen molar-refractivity contribution in [2.45, 2.75) is 6.54 Å². The monoisotopic (exact) mass is 382 g/mol. The minimum atomic E-state index is -0.547. The standard InChI is InChI=1S/C17H11ClN6O3/c18-14-5-3-11(8-19-14)10-22-7-1-2-13-16(22)21-17(25)23(13)15-6-4-12(9-20-15)24(26)27/h1-9H,10H2. The fourth-order valence-corrected chi connectivity index (χ4v) is 2.85. The average molecular weight is 383 g/mol. The Morgan fingerprint density at radius 2 is 1.96 bits per heavy atom. The summed E-state index contributed by atoms with van der Waals surface area (Å²) in [4.78, 5) is 34.9. The summed E-state index contributed by atoms with van der Waals surface area (Å²) in [5.74, 6) is 0.733. The summed E-state index contributed by atoms with van der Waals surface area (Å²) in [6.07, 6.45) is 4.56. The summed E-state index contributed by atoms with van der Waals surface area (Å²) >= 11 is 5.81. The zero-order valence-corrected chi connectivity index (χ0v) is 14.4. The van der Waals surface area contributed by atoms with Gasteiger partial charge in [0.15, 0.2) is 5.82 Å². The van der Waals surface area contributed by atoms with Crippen molar-refractivity contribution in [3.63, 3.8) is 0 Å². The van der Waals surface area contributed by atoms with Gasteiger partial charge in [0.1, 0.15) is 17.2 Å². The molecule has 2 aromatic heterocycles. The molecule has 134 valence electrons. The molecule has 0 aliphatic carbocycles. The van der Waals surface area contributed by atoms with E-state index in [2.05, 4.69) is 15.0 Å². The molecular formula is C17H11ClN6O3. The number of fused-ring (bicyclic) bond motifs is 1. The Morgan fingerprint density at radius 3 is 2.63 bits per heavy atom. The maximum Gasteiger partial charge on any atom is 0.356 e. The van der Waals surface area contributed by atoms with Crippen LogP contribution in [0.25, 0.3) is 17.3 Å². The lowest BCUT2D eigenvalue weighted by molar-refractivity contribution is -0.385. The number of nitrogens with zero attached hydrogens (tertiary/aromatic N) is 6. The van der Waals surface area contributed by atoms with Gasteiger partial charge in [-0.25, -0.2) is 19.3 Å². The molecule has 0 N–H and O–H groups in total. The van der Waals surface area contributed by atoms with Crippen LogP contribution in [0, 0.1) is 10.1 Å². The van der Waals surface area contributed by atoms with E-state index < -0.39 is 10.6 Å². The lowest BCUT2D eigenvalue weighted by Gasteiger charge is -2.12. The molecule has 2 aliphatic heterocycles. The minimum Gasteiger partial charge on any atom is -0.327 e. The van der Waals surface area contributed by atoms with E-state index >= 15 is 0 Å². The minimum absolute atomic E-state index is 0.152. The predicted octanol–water partition coefficient (Wildman–Crippen LogP) is 2.54. The second-order valence-corrected chi connectivity index (χ2v) is 6.08. The van der Waals surface area contributed by atoms with Crippen LogP contribution >= 0.6 is 11.6 Å². The highest BCUT2D eigenvalue weighted by Crippen LogP contribution is 2.22. The largest absolute Gasteiger partial charge is 0.356 e. The average Bonchev–Trinajstić information content (AvgIpc) is 3.00. The van der Waals surface area contributed by atoms with Gasteiger partial charge in [0, 0.05) is 18.5 Å². The first kappa shape index (κ1) is 16.9. The summed E-state index contributed by atoms with van der Waals surface area (Å²) in [6.45, 7) is 0.450. The van der Waals surface area contributed by atoms with Gasteiger partial charge in [-0.2, -0.15) is 4.98 Å². The van der Waals surface area contributed by atoms with E-state index in [4.69, 9.17) is 11.6 Å². The van der Waals surface area contributed by atoms with E-state index in [1.807, 2.05) is 10.6 Å². The third-order valence-electron chi connectivity index (χ3n) is 3.97. The zero-order chi connectivity index (χ0) is 19.0. The van der Waals surface area contributed by atoms with Crippen molar-refractivity contribution in [1.29, 1.82) is 0 Å². The summed E-state index contributed by atoms with van der Waals surface area (Å²) in [7, 11) is 0. The molecule has 0 radical (unpaired) electrons. The molecule has 0 spiro atoms. The Labute approximate surface area is 157 Å². The molecule has 10 heteroatoms. The van der Waals surface area contributed by atoms with Crippen LogP contribution in [0.4, 0.5) is 5.69 Å². The number of aromatic nitrogens is 5. The molecule has 0 saturated heterocycles. The van der Waals surface area contributed by atoms with Gasteiger partial charge in [0.2, 0.25) is 0 Å². The number of nitro groups is 1. The summed E-state index contributed by atoms with van der Waals surface area (Å²) < 4.78 is 3.12. The number of hydrogen-bond acceptors (Lipinski definition) is 6. The molecule has 2 aromatic rings.